The predicted octanol–water partition coefficient (Wildman–Crippen LogP) is 3.57. The number of nitrogens with zero attached hydrogens (tertiary/aromatic N) is 1. The number of ether oxygens (including phenoxy) is 1. The fraction of sp³-hybridized carbons (Fsp3) is 0.111. The van der Waals surface area contributed by atoms with E-state index in [1.807, 2.05) is 31.2 Å². The van der Waals surface area contributed by atoms with Crippen LogP contribution in [0.1, 0.15) is 16.7 Å². The Morgan fingerprint density at radius 1 is 1.23 bits per heavy atom. The zero-order valence-electron chi connectivity index (χ0n) is 12.1. The molecule has 0 aromatic heterocycles. The van der Waals surface area contributed by atoms with Crippen molar-refractivity contribution in [2.24, 2.45) is 0 Å². The van der Waals surface area contributed by atoms with Gasteiger partial charge in [-0.1, -0.05) is 48.0 Å². The Morgan fingerprint density at radius 2 is 1.91 bits per heavy atom. The van der Waals surface area contributed by atoms with Crippen LogP contribution >= 0.6 is 0 Å². The van der Waals surface area contributed by atoms with Crippen LogP contribution in [0.15, 0.2) is 54.1 Å². The fourth-order valence-corrected chi connectivity index (χ4v) is 1.87. The molecule has 0 amide bonds. The Morgan fingerprint density at radius 3 is 2.55 bits per heavy atom. The van der Waals surface area contributed by atoms with Crippen molar-refractivity contribution in [1.29, 1.82) is 5.26 Å². The van der Waals surface area contributed by atoms with Crippen molar-refractivity contribution in [3.8, 4) is 11.8 Å². The molecule has 0 fully saturated rings. The summed E-state index contributed by atoms with van der Waals surface area (Å²) in [6.07, 6.45) is 1.31. The van der Waals surface area contributed by atoms with E-state index < -0.39 is 5.97 Å². The van der Waals surface area contributed by atoms with Crippen LogP contribution in [0.2, 0.25) is 0 Å². The zero-order chi connectivity index (χ0) is 15.9. The molecule has 2 aromatic rings. The maximum atomic E-state index is 10.9. The Hall–Kier alpha value is -3.06. The van der Waals surface area contributed by atoms with Crippen LogP contribution < -0.4 is 4.74 Å². The smallest absolute Gasteiger partial charge is 0.346 e. The summed E-state index contributed by atoms with van der Waals surface area (Å²) in [5.41, 5.74) is 2.43. The molecule has 0 saturated heterocycles. The second-order valence-electron chi connectivity index (χ2n) is 4.79. The van der Waals surface area contributed by atoms with Crippen molar-refractivity contribution in [2.45, 2.75) is 13.5 Å². The first-order valence-electron chi connectivity index (χ1n) is 6.72. The predicted molar refractivity (Wildman–Crippen MR) is 83.2 cm³/mol. The first kappa shape index (κ1) is 15.3. The summed E-state index contributed by atoms with van der Waals surface area (Å²) in [5.74, 6) is -0.715. The third-order valence-corrected chi connectivity index (χ3v) is 3.08. The number of hydrogen-bond donors (Lipinski definition) is 1. The SMILES string of the molecule is Cc1ccc(COc2ccccc2C=C(C#N)C(=O)O)cc1. The minimum Gasteiger partial charge on any atom is -0.488 e. The van der Waals surface area contributed by atoms with Crippen LogP contribution in [0, 0.1) is 18.3 Å². The highest BCUT2D eigenvalue weighted by atomic mass is 16.5. The van der Waals surface area contributed by atoms with Gasteiger partial charge in [0.1, 0.15) is 24.0 Å². The standard InChI is InChI=1S/C18H15NO3/c1-13-6-8-14(9-7-13)12-22-17-5-3-2-4-15(17)10-16(11-19)18(20)21/h2-10H,12H2,1H3,(H,20,21). The molecule has 22 heavy (non-hydrogen) atoms. The van der Waals surface area contributed by atoms with E-state index in [-0.39, 0.29) is 5.57 Å². The van der Waals surface area contributed by atoms with Gasteiger partial charge in [-0.2, -0.15) is 5.26 Å². The largest absolute Gasteiger partial charge is 0.488 e. The van der Waals surface area contributed by atoms with E-state index in [2.05, 4.69) is 0 Å². The van der Waals surface area contributed by atoms with Gasteiger partial charge >= 0.3 is 5.97 Å². The summed E-state index contributed by atoms with van der Waals surface area (Å²) in [7, 11) is 0. The summed E-state index contributed by atoms with van der Waals surface area (Å²) in [6, 6.07) is 16.6. The van der Waals surface area contributed by atoms with Gasteiger partial charge in [-0.3, -0.25) is 0 Å². The van der Waals surface area contributed by atoms with Crippen LogP contribution in [0.5, 0.6) is 5.75 Å². The normalized spacial score (nSPS) is 10.8. The van der Waals surface area contributed by atoms with Gasteiger partial charge in [0.25, 0.3) is 0 Å². The molecule has 2 aromatic carbocycles. The van der Waals surface area contributed by atoms with Gasteiger partial charge in [0.2, 0.25) is 0 Å². The topological polar surface area (TPSA) is 70.3 Å². The number of nitriles is 1. The van der Waals surface area contributed by atoms with Gasteiger partial charge in [-0.05, 0) is 24.6 Å². The number of para-hydroxylation sites is 1. The van der Waals surface area contributed by atoms with E-state index >= 15 is 0 Å². The van der Waals surface area contributed by atoms with Gasteiger partial charge < -0.3 is 9.84 Å². The molecule has 0 atom stereocenters. The van der Waals surface area contributed by atoms with Crippen molar-refractivity contribution in [1.82, 2.24) is 0 Å². The van der Waals surface area contributed by atoms with Gasteiger partial charge in [-0.15, -0.1) is 0 Å². The summed E-state index contributed by atoms with van der Waals surface area (Å²) in [6.45, 7) is 2.39. The number of carboxylic acids is 1. The van der Waals surface area contributed by atoms with Crippen molar-refractivity contribution < 1.29 is 14.6 Å². The molecule has 0 aliphatic carbocycles. The van der Waals surface area contributed by atoms with Crippen molar-refractivity contribution in [2.75, 3.05) is 0 Å². The van der Waals surface area contributed by atoms with E-state index in [1.165, 1.54) is 11.6 Å². The highest BCUT2D eigenvalue weighted by molar-refractivity contribution is 5.96. The van der Waals surface area contributed by atoms with Gasteiger partial charge in [0, 0.05) is 5.56 Å². The van der Waals surface area contributed by atoms with E-state index in [4.69, 9.17) is 15.1 Å². The van der Waals surface area contributed by atoms with Crippen LogP contribution in [0.25, 0.3) is 6.08 Å². The van der Waals surface area contributed by atoms with Gasteiger partial charge in [-0.25, -0.2) is 4.79 Å². The second-order valence-corrected chi connectivity index (χ2v) is 4.79. The quantitative estimate of drug-likeness (QED) is 0.676. The lowest BCUT2D eigenvalue weighted by Crippen LogP contribution is -2.00. The number of carboxylic acid groups (broad SMARTS) is 1. The minimum atomic E-state index is -1.25. The van der Waals surface area contributed by atoms with E-state index in [0.717, 1.165) is 5.56 Å². The van der Waals surface area contributed by atoms with E-state index in [9.17, 15) is 4.79 Å². The van der Waals surface area contributed by atoms with E-state index in [1.54, 1.807) is 30.3 Å². The molecule has 0 spiro atoms. The Kier molecular flexibility index (Phi) is 4.94. The van der Waals surface area contributed by atoms with Crippen LogP contribution in [0.3, 0.4) is 0 Å². The Bertz CT molecular complexity index is 740. The molecule has 4 heteroatoms. The monoisotopic (exact) mass is 293 g/mol. The number of aliphatic carboxylic acids is 1. The summed E-state index contributed by atoms with van der Waals surface area (Å²) >= 11 is 0. The van der Waals surface area contributed by atoms with Crippen molar-refractivity contribution in [3.05, 3.63) is 70.8 Å². The average Bonchev–Trinajstić information content (AvgIpc) is 2.52. The average molecular weight is 293 g/mol. The molecule has 0 unspecified atom stereocenters. The molecule has 0 aliphatic heterocycles. The number of benzene rings is 2. The second kappa shape index (κ2) is 7.09. The molecule has 0 bridgehead atoms. The lowest BCUT2D eigenvalue weighted by molar-refractivity contribution is -0.132. The molecule has 1 N–H and O–H groups in total. The number of rotatable bonds is 5. The number of aryl methyl sites for hydroxylation is 1. The molecule has 110 valence electrons. The maximum Gasteiger partial charge on any atom is 0.346 e. The van der Waals surface area contributed by atoms with Crippen LogP contribution in [0.4, 0.5) is 0 Å². The first-order valence-corrected chi connectivity index (χ1v) is 6.72. The molecular weight excluding hydrogens is 278 g/mol. The summed E-state index contributed by atoms with van der Waals surface area (Å²) in [5, 5.41) is 17.8. The lowest BCUT2D eigenvalue weighted by Gasteiger charge is -2.09. The molecule has 0 saturated carbocycles. The van der Waals surface area contributed by atoms with Crippen LogP contribution in [-0.4, -0.2) is 11.1 Å². The molecule has 0 radical (unpaired) electrons. The van der Waals surface area contributed by atoms with Crippen molar-refractivity contribution in [3.63, 3.8) is 0 Å². The number of hydrogen-bond acceptors (Lipinski definition) is 3. The first-order chi connectivity index (χ1) is 10.6. The lowest BCUT2D eigenvalue weighted by atomic mass is 10.1. The highest BCUT2D eigenvalue weighted by Crippen LogP contribution is 2.22. The summed E-state index contributed by atoms with van der Waals surface area (Å²) in [4.78, 5) is 10.9. The zero-order valence-corrected chi connectivity index (χ0v) is 12.1. The summed E-state index contributed by atoms with van der Waals surface area (Å²) < 4.78 is 5.74. The third kappa shape index (κ3) is 3.97. The minimum absolute atomic E-state index is 0.327. The molecule has 0 heterocycles. The molecular formula is C18H15NO3. The molecule has 2 rings (SSSR count). The van der Waals surface area contributed by atoms with Crippen molar-refractivity contribution >= 4 is 12.0 Å². The number of carbonyl (C=O) groups is 1. The maximum absolute atomic E-state index is 10.9. The third-order valence-electron chi connectivity index (χ3n) is 3.08. The van der Waals surface area contributed by atoms with Gasteiger partial charge in [0.15, 0.2) is 0 Å². The Labute approximate surface area is 128 Å². The Balaban J connectivity index is 2.20. The van der Waals surface area contributed by atoms with Gasteiger partial charge in [0.05, 0.1) is 0 Å². The molecule has 0 aliphatic rings. The fourth-order valence-electron chi connectivity index (χ4n) is 1.87. The highest BCUT2D eigenvalue weighted by Gasteiger charge is 2.08. The van der Waals surface area contributed by atoms with Crippen LogP contribution in [-0.2, 0) is 11.4 Å². The van der Waals surface area contributed by atoms with E-state index in [0.29, 0.717) is 17.9 Å². The molecule has 4 nitrogen and oxygen atoms in total.